The predicted octanol–water partition coefficient (Wildman–Crippen LogP) is 5.80. The maximum Gasteiger partial charge on any atom is 0.240 e. The standard InChI is InChI=1S/C30H27ClN2O3/c1-2-33-26-10-6-5-9-24(26)28(34)27(30(33)36)29(35)25(17-19-11-14-22(31)15-12-19)32-23-16-13-20-7-3-4-8-21(20)18-23/h3-16,18,25,27-28,32,34H,2,17H2,1H3. The monoisotopic (exact) mass is 498 g/mol. The van der Waals surface area contributed by atoms with Crippen LogP contribution in [-0.4, -0.2) is 29.4 Å². The van der Waals surface area contributed by atoms with Gasteiger partial charge in [-0.15, -0.1) is 0 Å². The van der Waals surface area contributed by atoms with Gasteiger partial charge in [0.05, 0.1) is 12.1 Å². The number of anilines is 2. The van der Waals surface area contributed by atoms with Crippen molar-refractivity contribution >= 4 is 45.4 Å². The molecule has 3 unspecified atom stereocenters. The number of rotatable bonds is 7. The zero-order valence-electron chi connectivity index (χ0n) is 19.9. The maximum atomic E-state index is 14.0. The highest BCUT2D eigenvalue weighted by molar-refractivity contribution is 6.30. The molecule has 36 heavy (non-hydrogen) atoms. The number of ketones is 1. The maximum absolute atomic E-state index is 14.0. The number of fused-ring (bicyclic) bond motifs is 2. The molecule has 0 bridgehead atoms. The normalized spacial score (nSPS) is 18.1. The van der Waals surface area contributed by atoms with E-state index in [0.717, 1.165) is 22.0 Å². The van der Waals surface area contributed by atoms with Crippen LogP contribution in [0.5, 0.6) is 0 Å². The molecule has 1 aliphatic rings. The van der Waals surface area contributed by atoms with Gasteiger partial charge in [-0.2, -0.15) is 0 Å². The zero-order chi connectivity index (χ0) is 25.2. The number of halogens is 1. The lowest BCUT2D eigenvalue weighted by molar-refractivity contribution is -0.138. The molecule has 182 valence electrons. The SMILES string of the molecule is CCN1C(=O)C(C(=O)C(Cc2ccc(Cl)cc2)Nc2ccc3ccccc3c2)C(O)c2ccccc21. The smallest absolute Gasteiger partial charge is 0.240 e. The van der Waals surface area contributed by atoms with Crippen LogP contribution in [0, 0.1) is 5.92 Å². The van der Waals surface area contributed by atoms with Gasteiger partial charge in [-0.1, -0.05) is 72.3 Å². The second-order valence-corrected chi connectivity index (χ2v) is 9.49. The fourth-order valence-electron chi connectivity index (χ4n) is 4.96. The molecule has 0 aromatic heterocycles. The molecule has 1 amide bonds. The van der Waals surface area contributed by atoms with Crippen LogP contribution in [0.25, 0.3) is 10.8 Å². The molecule has 1 heterocycles. The summed E-state index contributed by atoms with van der Waals surface area (Å²) in [4.78, 5) is 29.1. The van der Waals surface area contributed by atoms with Crippen LogP contribution < -0.4 is 10.2 Å². The molecule has 2 N–H and O–H groups in total. The summed E-state index contributed by atoms with van der Waals surface area (Å²) < 4.78 is 0. The van der Waals surface area contributed by atoms with E-state index in [2.05, 4.69) is 5.32 Å². The number of hydrogen-bond acceptors (Lipinski definition) is 4. The van der Waals surface area contributed by atoms with Crippen molar-refractivity contribution < 1.29 is 14.7 Å². The third kappa shape index (κ3) is 4.60. The lowest BCUT2D eigenvalue weighted by Gasteiger charge is -2.37. The van der Waals surface area contributed by atoms with Gasteiger partial charge in [-0.25, -0.2) is 0 Å². The Kier molecular flexibility index (Phi) is 6.77. The topological polar surface area (TPSA) is 69.6 Å². The quantitative estimate of drug-likeness (QED) is 0.316. The first-order valence-corrected chi connectivity index (χ1v) is 12.5. The molecular formula is C30H27ClN2O3. The Morgan fingerprint density at radius 1 is 0.972 bits per heavy atom. The fourth-order valence-corrected chi connectivity index (χ4v) is 5.09. The Bertz CT molecular complexity index is 1420. The van der Waals surface area contributed by atoms with Crippen molar-refractivity contribution in [1.29, 1.82) is 0 Å². The second-order valence-electron chi connectivity index (χ2n) is 9.06. The highest BCUT2D eigenvalue weighted by Gasteiger charge is 2.45. The molecule has 1 aliphatic heterocycles. The van der Waals surface area contributed by atoms with Crippen molar-refractivity contribution in [1.82, 2.24) is 0 Å². The van der Waals surface area contributed by atoms with Gasteiger partial charge in [0.2, 0.25) is 5.91 Å². The lowest BCUT2D eigenvalue weighted by atomic mass is 9.82. The summed E-state index contributed by atoms with van der Waals surface area (Å²) >= 11 is 6.07. The number of nitrogens with zero attached hydrogens (tertiary/aromatic N) is 1. The molecule has 5 rings (SSSR count). The van der Waals surface area contributed by atoms with E-state index in [1.165, 1.54) is 0 Å². The van der Waals surface area contributed by atoms with Crippen molar-refractivity contribution in [3.05, 3.63) is 107 Å². The van der Waals surface area contributed by atoms with E-state index in [1.54, 1.807) is 29.2 Å². The minimum atomic E-state index is -1.21. The van der Waals surface area contributed by atoms with Gasteiger partial charge in [0.1, 0.15) is 5.92 Å². The van der Waals surface area contributed by atoms with Crippen LogP contribution in [0.3, 0.4) is 0 Å². The van der Waals surface area contributed by atoms with E-state index in [9.17, 15) is 14.7 Å². The summed E-state index contributed by atoms with van der Waals surface area (Å²) in [5.74, 6) is -1.93. The van der Waals surface area contributed by atoms with E-state index in [4.69, 9.17) is 11.6 Å². The van der Waals surface area contributed by atoms with Gasteiger partial charge in [0.25, 0.3) is 0 Å². The number of aliphatic hydroxyl groups excluding tert-OH is 1. The number of benzene rings is 4. The molecule has 6 heteroatoms. The van der Waals surface area contributed by atoms with E-state index in [-0.39, 0.29) is 11.7 Å². The summed E-state index contributed by atoms with van der Waals surface area (Å²) in [6.45, 7) is 2.28. The van der Waals surface area contributed by atoms with Gasteiger partial charge < -0.3 is 15.3 Å². The number of para-hydroxylation sites is 1. The lowest BCUT2D eigenvalue weighted by Crippen LogP contribution is -2.50. The number of aliphatic hydroxyl groups is 1. The van der Waals surface area contributed by atoms with Crippen molar-refractivity contribution in [3.63, 3.8) is 0 Å². The number of carbonyl (C=O) groups is 2. The Labute approximate surface area is 215 Å². The van der Waals surface area contributed by atoms with E-state index < -0.39 is 18.1 Å². The molecule has 0 saturated heterocycles. The van der Waals surface area contributed by atoms with Crippen LogP contribution in [0.1, 0.15) is 24.2 Å². The minimum Gasteiger partial charge on any atom is -0.387 e. The van der Waals surface area contributed by atoms with Crippen molar-refractivity contribution in [2.75, 3.05) is 16.8 Å². The molecule has 0 saturated carbocycles. The largest absolute Gasteiger partial charge is 0.387 e. The van der Waals surface area contributed by atoms with Crippen LogP contribution >= 0.6 is 11.6 Å². The van der Waals surface area contributed by atoms with Crippen LogP contribution in [0.2, 0.25) is 5.02 Å². The Balaban J connectivity index is 1.51. The third-order valence-corrected chi connectivity index (χ3v) is 7.06. The molecule has 4 aromatic rings. The van der Waals surface area contributed by atoms with E-state index in [1.807, 2.05) is 73.7 Å². The van der Waals surface area contributed by atoms with Gasteiger partial charge in [-0.05, 0) is 60.0 Å². The van der Waals surface area contributed by atoms with Crippen molar-refractivity contribution in [2.45, 2.75) is 25.5 Å². The first-order chi connectivity index (χ1) is 17.5. The number of Topliss-reactive ketones (excluding diaryl/α,β-unsaturated/α-hetero) is 1. The summed E-state index contributed by atoms with van der Waals surface area (Å²) in [5, 5.41) is 17.3. The first-order valence-electron chi connectivity index (χ1n) is 12.1. The Morgan fingerprint density at radius 2 is 1.67 bits per heavy atom. The fraction of sp³-hybridized carbons (Fsp3) is 0.200. The summed E-state index contributed by atoms with van der Waals surface area (Å²) in [7, 11) is 0. The number of hydrogen-bond donors (Lipinski definition) is 2. The average molecular weight is 499 g/mol. The predicted molar refractivity (Wildman–Crippen MR) is 144 cm³/mol. The molecular weight excluding hydrogens is 472 g/mol. The summed E-state index contributed by atoms with van der Waals surface area (Å²) in [6, 6.07) is 27.7. The summed E-state index contributed by atoms with van der Waals surface area (Å²) in [5.41, 5.74) is 2.91. The third-order valence-electron chi connectivity index (χ3n) is 6.80. The van der Waals surface area contributed by atoms with E-state index >= 15 is 0 Å². The van der Waals surface area contributed by atoms with Crippen LogP contribution in [-0.2, 0) is 16.0 Å². The summed E-state index contributed by atoms with van der Waals surface area (Å²) in [6.07, 6.45) is -0.872. The zero-order valence-corrected chi connectivity index (χ0v) is 20.7. The second kappa shape index (κ2) is 10.1. The molecule has 0 radical (unpaired) electrons. The van der Waals surface area contributed by atoms with Gasteiger partial charge in [0.15, 0.2) is 5.78 Å². The van der Waals surface area contributed by atoms with Crippen LogP contribution in [0.4, 0.5) is 11.4 Å². The molecule has 3 atom stereocenters. The Morgan fingerprint density at radius 3 is 2.42 bits per heavy atom. The molecule has 0 fully saturated rings. The van der Waals surface area contributed by atoms with Crippen molar-refractivity contribution in [3.8, 4) is 0 Å². The van der Waals surface area contributed by atoms with E-state index in [0.29, 0.717) is 29.2 Å². The number of carbonyl (C=O) groups excluding carboxylic acids is 2. The van der Waals surface area contributed by atoms with Crippen LogP contribution in [0.15, 0.2) is 91.0 Å². The average Bonchev–Trinajstić information content (AvgIpc) is 2.90. The highest BCUT2D eigenvalue weighted by Crippen LogP contribution is 2.39. The highest BCUT2D eigenvalue weighted by atomic mass is 35.5. The Hall–Kier alpha value is -3.67. The number of amides is 1. The molecule has 5 nitrogen and oxygen atoms in total. The van der Waals surface area contributed by atoms with Gasteiger partial charge in [-0.3, -0.25) is 9.59 Å². The molecule has 0 spiro atoms. The van der Waals surface area contributed by atoms with Gasteiger partial charge >= 0.3 is 0 Å². The minimum absolute atomic E-state index is 0.340. The first kappa shape index (κ1) is 24.0. The number of nitrogens with one attached hydrogen (secondary N) is 1. The molecule has 4 aromatic carbocycles. The molecule has 0 aliphatic carbocycles. The van der Waals surface area contributed by atoms with Crippen molar-refractivity contribution in [2.24, 2.45) is 5.92 Å². The van der Waals surface area contributed by atoms with Gasteiger partial charge in [0, 0.05) is 28.5 Å².